The third kappa shape index (κ3) is 2.47. The molecule has 1 rings (SSSR count). The summed E-state index contributed by atoms with van der Waals surface area (Å²) in [5.41, 5.74) is -1.01. The SMILES string of the molecule is N#CCc1ccc(C(F)(F)F)c(C#N)c1. The third-order valence-electron chi connectivity index (χ3n) is 1.79. The van der Waals surface area contributed by atoms with Gasteiger partial charge in [0.05, 0.1) is 29.7 Å². The van der Waals surface area contributed by atoms with Crippen LogP contribution in [0.3, 0.4) is 0 Å². The second-order valence-electron chi connectivity index (χ2n) is 2.82. The summed E-state index contributed by atoms with van der Waals surface area (Å²) in [6, 6.07) is 6.39. The molecule has 0 spiro atoms. The van der Waals surface area contributed by atoms with E-state index >= 15 is 0 Å². The van der Waals surface area contributed by atoms with Crippen LogP contribution in [-0.4, -0.2) is 0 Å². The molecule has 0 saturated heterocycles. The van der Waals surface area contributed by atoms with E-state index in [9.17, 15) is 13.2 Å². The van der Waals surface area contributed by atoms with Crippen LogP contribution in [0.25, 0.3) is 0 Å². The molecule has 0 atom stereocenters. The van der Waals surface area contributed by atoms with Crippen molar-refractivity contribution in [3.63, 3.8) is 0 Å². The van der Waals surface area contributed by atoms with Gasteiger partial charge in [0, 0.05) is 0 Å². The van der Waals surface area contributed by atoms with E-state index < -0.39 is 17.3 Å². The Labute approximate surface area is 84.2 Å². The molecule has 2 nitrogen and oxygen atoms in total. The Balaban J connectivity index is 3.24. The summed E-state index contributed by atoms with van der Waals surface area (Å²) in [5, 5.41) is 16.9. The highest BCUT2D eigenvalue weighted by atomic mass is 19.4. The van der Waals surface area contributed by atoms with Crippen LogP contribution < -0.4 is 0 Å². The topological polar surface area (TPSA) is 47.6 Å². The number of nitriles is 2. The molecule has 1 aromatic rings. The quantitative estimate of drug-likeness (QED) is 0.715. The van der Waals surface area contributed by atoms with E-state index in [1.54, 1.807) is 6.07 Å². The Morgan fingerprint density at radius 1 is 1.20 bits per heavy atom. The molecule has 0 fully saturated rings. The third-order valence-corrected chi connectivity index (χ3v) is 1.79. The molecule has 15 heavy (non-hydrogen) atoms. The molecule has 0 bridgehead atoms. The smallest absolute Gasteiger partial charge is 0.198 e. The predicted molar refractivity (Wildman–Crippen MR) is 45.5 cm³/mol. The van der Waals surface area contributed by atoms with Crippen LogP contribution in [-0.2, 0) is 12.6 Å². The number of hydrogen-bond donors (Lipinski definition) is 0. The van der Waals surface area contributed by atoms with Crippen molar-refractivity contribution in [1.29, 1.82) is 10.5 Å². The molecule has 0 saturated carbocycles. The number of alkyl halides is 3. The zero-order chi connectivity index (χ0) is 11.5. The first kappa shape index (κ1) is 11.1. The van der Waals surface area contributed by atoms with E-state index in [4.69, 9.17) is 10.5 Å². The lowest BCUT2D eigenvalue weighted by Gasteiger charge is -2.08. The Morgan fingerprint density at radius 2 is 1.87 bits per heavy atom. The second kappa shape index (κ2) is 4.02. The zero-order valence-corrected chi connectivity index (χ0v) is 7.47. The molecule has 0 aliphatic carbocycles. The number of halogens is 3. The predicted octanol–water partition coefficient (Wildman–Crippen LogP) is 2.64. The Hall–Kier alpha value is -2.01. The number of benzene rings is 1. The molecule has 0 N–H and O–H groups in total. The highest BCUT2D eigenvalue weighted by molar-refractivity contribution is 5.42. The normalized spacial score (nSPS) is 10.5. The molecule has 0 heterocycles. The van der Waals surface area contributed by atoms with Gasteiger partial charge in [-0.3, -0.25) is 0 Å². The van der Waals surface area contributed by atoms with Crippen LogP contribution in [0, 0.1) is 22.7 Å². The van der Waals surface area contributed by atoms with Crippen molar-refractivity contribution in [2.75, 3.05) is 0 Å². The number of nitrogens with zero attached hydrogens (tertiary/aromatic N) is 2. The standard InChI is InChI=1S/C10H5F3N2/c11-10(12,13)9-2-1-7(3-4-14)5-8(9)6-15/h1-2,5H,3H2. The Morgan fingerprint density at radius 3 is 2.33 bits per heavy atom. The molecule has 0 aromatic heterocycles. The minimum Gasteiger partial charge on any atom is -0.198 e. The highest BCUT2D eigenvalue weighted by Gasteiger charge is 2.33. The van der Waals surface area contributed by atoms with Crippen molar-refractivity contribution < 1.29 is 13.2 Å². The zero-order valence-electron chi connectivity index (χ0n) is 7.47. The van der Waals surface area contributed by atoms with Crippen molar-refractivity contribution in [3.8, 4) is 12.1 Å². The van der Waals surface area contributed by atoms with E-state index in [-0.39, 0.29) is 6.42 Å². The fourth-order valence-corrected chi connectivity index (χ4v) is 1.13. The maximum Gasteiger partial charge on any atom is 0.417 e. The number of rotatable bonds is 1. The van der Waals surface area contributed by atoms with Crippen LogP contribution in [0.2, 0.25) is 0 Å². The Bertz CT molecular complexity index is 449. The summed E-state index contributed by atoms with van der Waals surface area (Å²) in [5.74, 6) is 0. The maximum absolute atomic E-state index is 12.3. The summed E-state index contributed by atoms with van der Waals surface area (Å²) in [6.45, 7) is 0. The van der Waals surface area contributed by atoms with Gasteiger partial charge in [-0.25, -0.2) is 0 Å². The van der Waals surface area contributed by atoms with E-state index in [1.807, 2.05) is 0 Å². The van der Waals surface area contributed by atoms with Gasteiger partial charge < -0.3 is 0 Å². The summed E-state index contributed by atoms with van der Waals surface area (Å²) >= 11 is 0. The van der Waals surface area contributed by atoms with Crippen LogP contribution >= 0.6 is 0 Å². The summed E-state index contributed by atoms with van der Waals surface area (Å²) < 4.78 is 37.0. The lowest BCUT2D eigenvalue weighted by atomic mass is 10.0. The first-order valence-electron chi connectivity index (χ1n) is 3.96. The van der Waals surface area contributed by atoms with E-state index in [0.717, 1.165) is 12.1 Å². The van der Waals surface area contributed by atoms with Crippen LogP contribution in [0.5, 0.6) is 0 Å². The first-order chi connectivity index (χ1) is 6.99. The molecule has 0 unspecified atom stereocenters. The molecule has 5 heteroatoms. The summed E-state index contributed by atoms with van der Waals surface area (Å²) in [4.78, 5) is 0. The molecule has 0 radical (unpaired) electrons. The molecule has 76 valence electrons. The van der Waals surface area contributed by atoms with E-state index in [0.29, 0.717) is 5.56 Å². The van der Waals surface area contributed by atoms with Crippen molar-refractivity contribution in [2.45, 2.75) is 12.6 Å². The van der Waals surface area contributed by atoms with Gasteiger partial charge in [0.25, 0.3) is 0 Å². The molecule has 1 aromatic carbocycles. The fourth-order valence-electron chi connectivity index (χ4n) is 1.13. The molecule has 0 aliphatic heterocycles. The van der Waals surface area contributed by atoms with Crippen LogP contribution in [0.4, 0.5) is 13.2 Å². The molecular formula is C10H5F3N2. The van der Waals surface area contributed by atoms with Gasteiger partial charge in [-0.1, -0.05) is 6.07 Å². The van der Waals surface area contributed by atoms with Gasteiger partial charge in [-0.2, -0.15) is 23.7 Å². The van der Waals surface area contributed by atoms with Gasteiger partial charge in [-0.15, -0.1) is 0 Å². The monoisotopic (exact) mass is 210 g/mol. The van der Waals surface area contributed by atoms with Gasteiger partial charge >= 0.3 is 6.18 Å². The lowest BCUT2D eigenvalue weighted by Crippen LogP contribution is -2.08. The summed E-state index contributed by atoms with van der Waals surface area (Å²) in [6.07, 6.45) is -4.54. The van der Waals surface area contributed by atoms with Crippen molar-refractivity contribution >= 4 is 0 Å². The minimum absolute atomic E-state index is 0.00713. The van der Waals surface area contributed by atoms with Crippen molar-refractivity contribution in [2.24, 2.45) is 0 Å². The minimum atomic E-state index is -4.53. The van der Waals surface area contributed by atoms with Gasteiger partial charge in [-0.05, 0) is 17.7 Å². The average molecular weight is 210 g/mol. The summed E-state index contributed by atoms with van der Waals surface area (Å²) in [7, 11) is 0. The van der Waals surface area contributed by atoms with Crippen LogP contribution in [0.1, 0.15) is 16.7 Å². The van der Waals surface area contributed by atoms with Crippen molar-refractivity contribution in [3.05, 3.63) is 34.9 Å². The molecule has 0 amide bonds. The van der Waals surface area contributed by atoms with Gasteiger partial charge in [0.2, 0.25) is 0 Å². The lowest BCUT2D eigenvalue weighted by molar-refractivity contribution is -0.137. The van der Waals surface area contributed by atoms with E-state index in [2.05, 4.69) is 0 Å². The fraction of sp³-hybridized carbons (Fsp3) is 0.200. The Kier molecular flexibility index (Phi) is 2.96. The van der Waals surface area contributed by atoms with Crippen molar-refractivity contribution in [1.82, 2.24) is 0 Å². The average Bonchev–Trinajstić information content (AvgIpc) is 2.16. The van der Waals surface area contributed by atoms with Gasteiger partial charge in [0.1, 0.15) is 0 Å². The molecular weight excluding hydrogens is 205 g/mol. The maximum atomic E-state index is 12.3. The highest BCUT2D eigenvalue weighted by Crippen LogP contribution is 2.32. The number of hydrogen-bond acceptors (Lipinski definition) is 2. The first-order valence-corrected chi connectivity index (χ1v) is 3.96. The largest absolute Gasteiger partial charge is 0.417 e. The van der Waals surface area contributed by atoms with Crippen LogP contribution in [0.15, 0.2) is 18.2 Å². The second-order valence-corrected chi connectivity index (χ2v) is 2.82. The van der Waals surface area contributed by atoms with Gasteiger partial charge in [0.15, 0.2) is 0 Å². The molecule has 0 aliphatic rings. The van der Waals surface area contributed by atoms with E-state index in [1.165, 1.54) is 12.1 Å².